The topological polar surface area (TPSA) is 131 Å². The van der Waals surface area contributed by atoms with Gasteiger partial charge in [0.2, 0.25) is 5.91 Å². The third-order valence-corrected chi connectivity index (χ3v) is 6.51. The molecule has 3 N–H and O–H groups in total. The van der Waals surface area contributed by atoms with Crippen LogP contribution in [0.15, 0.2) is 23.0 Å². The van der Waals surface area contributed by atoms with E-state index in [1.807, 2.05) is 0 Å². The van der Waals surface area contributed by atoms with Crippen LogP contribution in [0.2, 0.25) is 0 Å². The van der Waals surface area contributed by atoms with Gasteiger partial charge in [0.25, 0.3) is 5.56 Å². The first-order valence-electron chi connectivity index (χ1n) is 10.8. The van der Waals surface area contributed by atoms with Gasteiger partial charge >= 0.3 is 5.97 Å². The number of pyridine rings is 2. The standard InChI is InChI=1S/C25H20FN3O6/c1-3-25(34)7-22(32)35-11-16-17(25)5-20-23-15(9-29(20)24(16)33)14(8-27-21(31)10-30)13-4-12(2)18(26)6-19(13)28-23/h1,4-6,30,34H,7-11H2,2H3,(H,27,31)/t25-/m1/s1. The summed E-state index contributed by atoms with van der Waals surface area (Å²) in [5.41, 5.74) is 0.239. The lowest BCUT2D eigenvalue weighted by Crippen LogP contribution is -2.31. The van der Waals surface area contributed by atoms with Crippen LogP contribution < -0.4 is 10.9 Å². The second-order valence-electron chi connectivity index (χ2n) is 8.63. The summed E-state index contributed by atoms with van der Waals surface area (Å²) >= 11 is 0. The summed E-state index contributed by atoms with van der Waals surface area (Å²) in [6.07, 6.45) is 5.04. The van der Waals surface area contributed by atoms with Crippen LogP contribution in [0.4, 0.5) is 4.39 Å². The molecule has 3 aromatic rings. The molecule has 0 aliphatic carbocycles. The molecular weight excluding hydrogens is 457 g/mol. The van der Waals surface area contributed by atoms with Crippen LogP contribution in [0.1, 0.15) is 34.2 Å². The monoisotopic (exact) mass is 477 g/mol. The molecule has 0 spiro atoms. The van der Waals surface area contributed by atoms with Gasteiger partial charge in [-0.2, -0.15) is 0 Å². The molecule has 2 aliphatic rings. The van der Waals surface area contributed by atoms with Crippen LogP contribution >= 0.6 is 0 Å². The molecule has 2 aliphatic heterocycles. The van der Waals surface area contributed by atoms with Crippen molar-refractivity contribution in [1.82, 2.24) is 14.9 Å². The Morgan fingerprint density at radius 1 is 1.34 bits per heavy atom. The van der Waals surface area contributed by atoms with Crippen molar-refractivity contribution in [3.05, 3.63) is 62.2 Å². The normalized spacial score (nSPS) is 18.2. The zero-order valence-corrected chi connectivity index (χ0v) is 18.6. The van der Waals surface area contributed by atoms with Crippen molar-refractivity contribution in [2.75, 3.05) is 6.61 Å². The van der Waals surface area contributed by atoms with Gasteiger partial charge in [-0.05, 0) is 30.2 Å². The molecular formula is C25H20FN3O6. The number of ether oxygens (including phenoxy) is 1. The van der Waals surface area contributed by atoms with Gasteiger partial charge in [0.15, 0.2) is 5.60 Å². The third-order valence-electron chi connectivity index (χ3n) is 6.51. The molecule has 9 nitrogen and oxygen atoms in total. The molecule has 1 atom stereocenters. The summed E-state index contributed by atoms with van der Waals surface area (Å²) in [5.74, 6) is 0.414. The Bertz CT molecular complexity index is 1550. The number of aliphatic hydroxyl groups is 2. The zero-order chi connectivity index (χ0) is 25.1. The van der Waals surface area contributed by atoms with Crippen molar-refractivity contribution < 1.29 is 28.9 Å². The number of carbonyl (C=O) groups is 2. The highest BCUT2D eigenvalue weighted by molar-refractivity contribution is 5.89. The van der Waals surface area contributed by atoms with Crippen LogP contribution in [-0.2, 0) is 39.6 Å². The van der Waals surface area contributed by atoms with E-state index >= 15 is 0 Å². The molecule has 4 heterocycles. The number of nitrogens with zero attached hydrogens (tertiary/aromatic N) is 2. The van der Waals surface area contributed by atoms with Crippen molar-refractivity contribution in [3.63, 3.8) is 0 Å². The van der Waals surface area contributed by atoms with Crippen molar-refractivity contribution >= 4 is 22.8 Å². The molecule has 1 amide bonds. The highest BCUT2D eigenvalue weighted by Gasteiger charge is 2.40. The van der Waals surface area contributed by atoms with E-state index in [2.05, 4.69) is 16.2 Å². The smallest absolute Gasteiger partial charge is 0.310 e. The van der Waals surface area contributed by atoms with Crippen LogP contribution in [0.3, 0.4) is 0 Å². The molecule has 0 saturated heterocycles. The van der Waals surface area contributed by atoms with E-state index in [9.17, 15) is 23.9 Å². The molecule has 5 rings (SSSR count). The van der Waals surface area contributed by atoms with Crippen molar-refractivity contribution in [2.45, 2.75) is 38.6 Å². The number of hydrogen-bond acceptors (Lipinski definition) is 7. The Labute approximate surface area is 198 Å². The summed E-state index contributed by atoms with van der Waals surface area (Å²) < 4.78 is 20.9. The lowest BCUT2D eigenvalue weighted by atomic mass is 9.88. The van der Waals surface area contributed by atoms with Crippen LogP contribution in [-0.4, -0.2) is 38.2 Å². The lowest BCUT2D eigenvalue weighted by molar-refractivity contribution is -0.147. The van der Waals surface area contributed by atoms with E-state index in [0.29, 0.717) is 39.0 Å². The summed E-state index contributed by atoms with van der Waals surface area (Å²) in [7, 11) is 0. The van der Waals surface area contributed by atoms with E-state index in [0.717, 1.165) is 0 Å². The molecule has 1 aromatic carbocycles. The largest absolute Gasteiger partial charge is 0.460 e. The van der Waals surface area contributed by atoms with Crippen LogP contribution in [0, 0.1) is 25.1 Å². The number of terminal acetylenes is 1. The van der Waals surface area contributed by atoms with Gasteiger partial charge in [-0.15, -0.1) is 6.42 Å². The molecule has 2 aromatic heterocycles. The molecule has 35 heavy (non-hydrogen) atoms. The number of benzene rings is 1. The minimum absolute atomic E-state index is 0.0141. The number of halogens is 1. The van der Waals surface area contributed by atoms with Gasteiger partial charge < -0.3 is 24.8 Å². The van der Waals surface area contributed by atoms with Crippen molar-refractivity contribution in [1.29, 1.82) is 0 Å². The second kappa shape index (κ2) is 8.01. The SMILES string of the molecule is C#C[C@@]1(O)CC(=O)OCc2c1cc1n(c2=O)Cc2c-1nc1cc(F)c(C)cc1c2CNC(=O)CO. The molecule has 10 heteroatoms. The number of carbonyl (C=O) groups excluding carboxylic acids is 2. The fraction of sp³-hybridized carbons (Fsp3) is 0.280. The van der Waals surface area contributed by atoms with Gasteiger partial charge in [-0.1, -0.05) is 5.92 Å². The number of fused-ring (bicyclic) bond motifs is 5. The Morgan fingerprint density at radius 3 is 2.83 bits per heavy atom. The Hall–Kier alpha value is -4.07. The number of hydrogen-bond donors (Lipinski definition) is 3. The lowest BCUT2D eigenvalue weighted by Gasteiger charge is -2.21. The van der Waals surface area contributed by atoms with Gasteiger partial charge in [-0.3, -0.25) is 14.4 Å². The van der Waals surface area contributed by atoms with Crippen molar-refractivity contribution in [2.24, 2.45) is 0 Å². The summed E-state index contributed by atoms with van der Waals surface area (Å²) in [6.45, 7) is 0.668. The molecule has 0 saturated carbocycles. The third kappa shape index (κ3) is 3.48. The number of rotatable bonds is 3. The molecule has 178 valence electrons. The molecule has 0 unspecified atom stereocenters. The maximum atomic E-state index is 14.4. The first-order chi connectivity index (χ1) is 16.7. The molecule has 0 fully saturated rings. The highest BCUT2D eigenvalue weighted by Crippen LogP contribution is 2.39. The van der Waals surface area contributed by atoms with E-state index in [4.69, 9.17) is 16.3 Å². The average molecular weight is 477 g/mol. The van der Waals surface area contributed by atoms with E-state index in [-0.39, 0.29) is 30.8 Å². The Morgan fingerprint density at radius 2 is 2.11 bits per heavy atom. The van der Waals surface area contributed by atoms with Gasteiger partial charge in [0.1, 0.15) is 19.0 Å². The molecule has 0 bridgehead atoms. The van der Waals surface area contributed by atoms with Gasteiger partial charge in [0.05, 0.1) is 35.4 Å². The number of cyclic esters (lactones) is 1. The number of aliphatic hydroxyl groups excluding tert-OH is 1. The fourth-order valence-corrected chi connectivity index (χ4v) is 4.67. The zero-order valence-electron chi connectivity index (χ0n) is 18.6. The van der Waals surface area contributed by atoms with Gasteiger partial charge in [0, 0.05) is 29.1 Å². The quantitative estimate of drug-likeness (QED) is 0.293. The van der Waals surface area contributed by atoms with Gasteiger partial charge in [-0.25, -0.2) is 9.37 Å². The fourth-order valence-electron chi connectivity index (χ4n) is 4.67. The first kappa shape index (κ1) is 22.7. The second-order valence-corrected chi connectivity index (χ2v) is 8.63. The predicted molar refractivity (Wildman–Crippen MR) is 121 cm³/mol. The number of amides is 1. The first-order valence-corrected chi connectivity index (χ1v) is 10.8. The maximum Gasteiger partial charge on any atom is 0.310 e. The highest BCUT2D eigenvalue weighted by atomic mass is 19.1. The predicted octanol–water partition coefficient (Wildman–Crippen LogP) is 0.749. The number of esters is 1. The maximum absolute atomic E-state index is 14.4. The summed E-state index contributed by atoms with van der Waals surface area (Å²) in [6, 6.07) is 4.41. The molecule has 0 radical (unpaired) electrons. The Kier molecular flexibility index (Phi) is 5.20. The summed E-state index contributed by atoms with van der Waals surface area (Å²) in [5, 5.41) is 23.4. The van der Waals surface area contributed by atoms with E-state index in [1.54, 1.807) is 13.0 Å². The van der Waals surface area contributed by atoms with Crippen LogP contribution in [0.25, 0.3) is 22.3 Å². The minimum Gasteiger partial charge on any atom is -0.460 e. The number of nitrogens with one attached hydrogen (secondary N) is 1. The van der Waals surface area contributed by atoms with E-state index < -0.39 is 41.9 Å². The van der Waals surface area contributed by atoms with E-state index in [1.165, 1.54) is 16.7 Å². The van der Waals surface area contributed by atoms with Crippen LogP contribution in [0.5, 0.6) is 0 Å². The Balaban J connectivity index is 1.78. The van der Waals surface area contributed by atoms with Crippen molar-refractivity contribution in [3.8, 4) is 23.7 Å². The summed E-state index contributed by atoms with van der Waals surface area (Å²) in [4.78, 5) is 41.9. The average Bonchev–Trinajstić information content (AvgIpc) is 3.13. The number of aryl methyl sites for hydroxylation is 1. The minimum atomic E-state index is -2.04. The number of aromatic nitrogens is 2.